The highest BCUT2D eigenvalue weighted by Gasteiger charge is 2.52. The van der Waals surface area contributed by atoms with Crippen LogP contribution < -0.4 is 5.73 Å². The van der Waals surface area contributed by atoms with E-state index in [0.29, 0.717) is 23.9 Å². The van der Waals surface area contributed by atoms with E-state index in [1.807, 2.05) is 0 Å². The summed E-state index contributed by atoms with van der Waals surface area (Å²) in [7, 11) is 0. The van der Waals surface area contributed by atoms with Crippen molar-refractivity contribution in [3.05, 3.63) is 0 Å². The zero-order chi connectivity index (χ0) is 14.4. The van der Waals surface area contributed by atoms with Gasteiger partial charge in [0.2, 0.25) is 5.91 Å². The number of hydrogen-bond donors (Lipinski definition) is 1. The molecule has 0 atom stereocenters. The third kappa shape index (κ3) is 2.52. The van der Waals surface area contributed by atoms with Crippen LogP contribution in [-0.4, -0.2) is 29.9 Å². The molecule has 0 aromatic heterocycles. The predicted molar refractivity (Wildman–Crippen MR) is 83.6 cm³/mol. The third-order valence-electron chi connectivity index (χ3n) is 6.90. The molecular formula is C18H30N2O. The molecule has 1 amide bonds. The average molecular weight is 290 g/mol. The van der Waals surface area contributed by atoms with Crippen molar-refractivity contribution in [2.75, 3.05) is 13.1 Å². The van der Waals surface area contributed by atoms with Gasteiger partial charge in [0.1, 0.15) is 0 Å². The second-order valence-electron chi connectivity index (χ2n) is 8.55. The van der Waals surface area contributed by atoms with Crippen LogP contribution in [-0.2, 0) is 4.79 Å². The summed E-state index contributed by atoms with van der Waals surface area (Å²) in [5.74, 6) is 3.24. The molecule has 2 N–H and O–H groups in total. The molecule has 0 saturated heterocycles. The molecule has 3 heteroatoms. The Morgan fingerprint density at radius 3 is 2.05 bits per heavy atom. The summed E-state index contributed by atoms with van der Waals surface area (Å²) in [6, 6.07) is 0.509. The Bertz CT molecular complexity index is 380. The molecule has 0 spiro atoms. The van der Waals surface area contributed by atoms with Crippen LogP contribution in [0.25, 0.3) is 0 Å². The zero-order valence-corrected chi connectivity index (χ0v) is 13.2. The van der Waals surface area contributed by atoms with Crippen LogP contribution in [0.15, 0.2) is 0 Å². The quantitative estimate of drug-likeness (QED) is 0.846. The molecule has 0 radical (unpaired) electrons. The van der Waals surface area contributed by atoms with Crippen LogP contribution >= 0.6 is 0 Å². The van der Waals surface area contributed by atoms with E-state index < -0.39 is 0 Å². The molecule has 0 unspecified atom stereocenters. The summed E-state index contributed by atoms with van der Waals surface area (Å²) >= 11 is 0. The molecule has 4 bridgehead atoms. The van der Waals surface area contributed by atoms with Gasteiger partial charge in [-0.2, -0.15) is 0 Å². The van der Waals surface area contributed by atoms with Crippen LogP contribution in [0.4, 0.5) is 0 Å². The normalized spacial score (nSPS) is 41.1. The minimum Gasteiger partial charge on any atom is -0.338 e. The summed E-state index contributed by atoms with van der Waals surface area (Å²) < 4.78 is 0. The molecule has 5 aliphatic carbocycles. The van der Waals surface area contributed by atoms with Crippen LogP contribution in [0.5, 0.6) is 0 Å². The van der Waals surface area contributed by atoms with Gasteiger partial charge in [-0.3, -0.25) is 4.79 Å². The van der Waals surface area contributed by atoms with Crippen molar-refractivity contribution in [3.8, 4) is 0 Å². The fourth-order valence-corrected chi connectivity index (χ4v) is 6.28. The van der Waals surface area contributed by atoms with E-state index in [2.05, 4.69) is 4.90 Å². The lowest BCUT2D eigenvalue weighted by atomic mass is 9.49. The van der Waals surface area contributed by atoms with Crippen molar-refractivity contribution < 1.29 is 4.79 Å². The molecular weight excluding hydrogens is 260 g/mol. The zero-order valence-electron chi connectivity index (χ0n) is 13.2. The Morgan fingerprint density at radius 2 is 1.62 bits per heavy atom. The van der Waals surface area contributed by atoms with Crippen molar-refractivity contribution in [3.63, 3.8) is 0 Å². The molecule has 0 aromatic carbocycles. The van der Waals surface area contributed by atoms with E-state index in [-0.39, 0.29) is 0 Å². The van der Waals surface area contributed by atoms with Gasteiger partial charge < -0.3 is 10.6 Å². The smallest absolute Gasteiger partial charge is 0.223 e. The maximum absolute atomic E-state index is 12.9. The number of nitrogens with two attached hydrogens (primary N) is 1. The van der Waals surface area contributed by atoms with E-state index in [1.165, 1.54) is 57.8 Å². The van der Waals surface area contributed by atoms with Gasteiger partial charge in [0.15, 0.2) is 0 Å². The first kappa shape index (κ1) is 14.0. The molecule has 0 aliphatic heterocycles. The monoisotopic (exact) mass is 290 g/mol. The maximum Gasteiger partial charge on any atom is 0.223 e. The van der Waals surface area contributed by atoms with E-state index in [4.69, 9.17) is 5.73 Å². The first-order valence-corrected chi connectivity index (χ1v) is 9.17. The molecule has 5 aliphatic rings. The summed E-state index contributed by atoms with van der Waals surface area (Å²) in [5.41, 5.74) is 6.13. The highest BCUT2D eigenvalue weighted by atomic mass is 16.2. The minimum atomic E-state index is 0.377. The van der Waals surface area contributed by atoms with Crippen LogP contribution in [0.3, 0.4) is 0 Å². The van der Waals surface area contributed by atoms with Crippen LogP contribution in [0, 0.1) is 23.2 Å². The summed E-state index contributed by atoms with van der Waals surface area (Å²) in [5, 5.41) is 0. The van der Waals surface area contributed by atoms with Gasteiger partial charge in [-0.25, -0.2) is 0 Å². The standard InChI is InChI=1S/C18H30N2O/c19-4-5-20(16-2-1-3-16)17(21)12-18-9-13-6-14(10-18)8-15(7-13)11-18/h13-16H,1-12,19H2. The number of hydrogen-bond acceptors (Lipinski definition) is 2. The molecule has 0 heterocycles. The second-order valence-corrected chi connectivity index (χ2v) is 8.55. The van der Waals surface area contributed by atoms with Gasteiger partial charge in [-0.15, -0.1) is 0 Å². The van der Waals surface area contributed by atoms with Crippen molar-refractivity contribution in [1.29, 1.82) is 0 Å². The Balaban J connectivity index is 1.45. The van der Waals surface area contributed by atoms with Crippen molar-refractivity contribution >= 4 is 5.91 Å². The topological polar surface area (TPSA) is 46.3 Å². The fraction of sp³-hybridized carbons (Fsp3) is 0.944. The molecule has 5 fully saturated rings. The van der Waals surface area contributed by atoms with E-state index >= 15 is 0 Å². The Hall–Kier alpha value is -0.570. The van der Waals surface area contributed by atoms with E-state index in [9.17, 15) is 4.79 Å². The second kappa shape index (κ2) is 5.26. The highest BCUT2D eigenvalue weighted by Crippen LogP contribution is 2.61. The number of nitrogens with zero attached hydrogens (tertiary/aromatic N) is 1. The lowest BCUT2D eigenvalue weighted by Gasteiger charge is -2.57. The molecule has 21 heavy (non-hydrogen) atoms. The Labute approximate surface area is 128 Å². The fourth-order valence-electron chi connectivity index (χ4n) is 6.28. The highest BCUT2D eigenvalue weighted by molar-refractivity contribution is 5.77. The lowest BCUT2D eigenvalue weighted by molar-refractivity contribution is -0.143. The number of carbonyl (C=O) groups excluding carboxylic acids is 1. The average Bonchev–Trinajstić information content (AvgIpc) is 2.33. The molecule has 5 rings (SSSR count). The van der Waals surface area contributed by atoms with Crippen molar-refractivity contribution in [1.82, 2.24) is 4.90 Å². The van der Waals surface area contributed by atoms with Gasteiger partial charge in [0, 0.05) is 25.6 Å². The first-order valence-electron chi connectivity index (χ1n) is 9.17. The molecule has 0 aromatic rings. The third-order valence-corrected chi connectivity index (χ3v) is 6.90. The largest absolute Gasteiger partial charge is 0.338 e. The first-order chi connectivity index (χ1) is 10.2. The molecule has 5 saturated carbocycles. The van der Waals surface area contributed by atoms with Gasteiger partial charge in [-0.05, 0) is 81.0 Å². The van der Waals surface area contributed by atoms with Gasteiger partial charge in [0.05, 0.1) is 0 Å². The SMILES string of the molecule is NCCN(C(=O)CC12CC3CC(CC(C3)C1)C2)C1CCC1. The Morgan fingerprint density at radius 1 is 1.05 bits per heavy atom. The number of carbonyl (C=O) groups is 1. The van der Waals surface area contributed by atoms with Crippen molar-refractivity contribution in [2.45, 2.75) is 70.3 Å². The lowest BCUT2D eigenvalue weighted by Crippen LogP contribution is -2.51. The van der Waals surface area contributed by atoms with Crippen LogP contribution in [0.1, 0.15) is 64.2 Å². The van der Waals surface area contributed by atoms with Gasteiger partial charge in [-0.1, -0.05) is 0 Å². The molecule has 3 nitrogen and oxygen atoms in total. The Kier molecular flexibility index (Phi) is 3.52. The van der Waals surface area contributed by atoms with E-state index in [0.717, 1.165) is 30.7 Å². The summed E-state index contributed by atoms with van der Waals surface area (Å²) in [4.78, 5) is 15.1. The number of rotatable bonds is 5. The van der Waals surface area contributed by atoms with Crippen molar-refractivity contribution in [2.24, 2.45) is 28.9 Å². The maximum atomic E-state index is 12.9. The number of amides is 1. The van der Waals surface area contributed by atoms with Gasteiger partial charge >= 0.3 is 0 Å². The summed E-state index contributed by atoms with van der Waals surface area (Å²) in [6.07, 6.45) is 12.9. The van der Waals surface area contributed by atoms with E-state index in [1.54, 1.807) is 0 Å². The predicted octanol–water partition coefficient (Wildman–Crippen LogP) is 2.93. The van der Waals surface area contributed by atoms with Crippen LogP contribution in [0.2, 0.25) is 0 Å². The summed E-state index contributed by atoms with van der Waals surface area (Å²) in [6.45, 7) is 1.39. The molecule has 118 valence electrons. The van der Waals surface area contributed by atoms with Gasteiger partial charge in [0.25, 0.3) is 0 Å². The minimum absolute atomic E-state index is 0.377.